The average Bonchev–Trinajstić information content (AvgIpc) is 2.58. The minimum absolute atomic E-state index is 0.345. The van der Waals surface area contributed by atoms with Gasteiger partial charge in [-0.3, -0.25) is 4.90 Å². The fourth-order valence-corrected chi connectivity index (χ4v) is 4.18. The second-order valence-electron chi connectivity index (χ2n) is 6.14. The Morgan fingerprint density at radius 1 is 1.00 bits per heavy atom. The Balaban J connectivity index is 1.74. The number of hydrogen-bond donors (Lipinski definition) is 2. The Labute approximate surface area is 105 Å². The molecule has 0 radical (unpaired) electrons. The van der Waals surface area contributed by atoms with Gasteiger partial charge in [0.2, 0.25) is 0 Å². The number of aliphatic hydroxyl groups is 1. The van der Waals surface area contributed by atoms with E-state index >= 15 is 0 Å². The third-order valence-electron chi connectivity index (χ3n) is 5.15. The smallest absolute Gasteiger partial charge is 0.0966 e. The van der Waals surface area contributed by atoms with Crippen molar-refractivity contribution in [3.63, 3.8) is 0 Å². The van der Waals surface area contributed by atoms with Gasteiger partial charge in [0, 0.05) is 18.6 Å². The molecule has 3 nitrogen and oxygen atoms in total. The highest BCUT2D eigenvalue weighted by atomic mass is 16.3. The first-order valence-electron chi connectivity index (χ1n) is 7.50. The maximum atomic E-state index is 11.1. The van der Waals surface area contributed by atoms with Gasteiger partial charge in [-0.2, -0.15) is 0 Å². The van der Waals surface area contributed by atoms with Gasteiger partial charge in [-0.1, -0.05) is 19.3 Å². The van der Waals surface area contributed by atoms with Crippen LogP contribution < -0.4 is 5.32 Å². The molecule has 17 heavy (non-hydrogen) atoms. The standard InChI is InChI=1S/C14H26N2O/c17-14(12-6-2-1-4-9-15-12)8-11-16-10-5-3-7-13(14)16/h12-13,15,17H,1-11H2. The van der Waals surface area contributed by atoms with Crippen LogP contribution in [0, 0.1) is 0 Å². The monoisotopic (exact) mass is 238 g/mol. The first-order valence-corrected chi connectivity index (χ1v) is 7.50. The van der Waals surface area contributed by atoms with Crippen LogP contribution in [0.4, 0.5) is 0 Å². The molecule has 3 heteroatoms. The molecule has 0 spiro atoms. The van der Waals surface area contributed by atoms with Crippen LogP contribution in [0.5, 0.6) is 0 Å². The average molecular weight is 238 g/mol. The van der Waals surface area contributed by atoms with Gasteiger partial charge in [-0.25, -0.2) is 0 Å². The van der Waals surface area contributed by atoms with Crippen molar-refractivity contribution in [3.8, 4) is 0 Å². The molecule has 0 aromatic rings. The largest absolute Gasteiger partial charge is 0.387 e. The Hall–Kier alpha value is -0.120. The van der Waals surface area contributed by atoms with Gasteiger partial charge in [0.25, 0.3) is 0 Å². The summed E-state index contributed by atoms with van der Waals surface area (Å²) in [6.45, 7) is 3.42. The topological polar surface area (TPSA) is 35.5 Å². The fraction of sp³-hybridized carbons (Fsp3) is 1.00. The molecule has 0 aliphatic carbocycles. The highest BCUT2D eigenvalue weighted by Gasteiger charge is 2.50. The zero-order valence-electron chi connectivity index (χ0n) is 10.8. The summed E-state index contributed by atoms with van der Waals surface area (Å²) in [5.41, 5.74) is -0.440. The van der Waals surface area contributed by atoms with E-state index in [4.69, 9.17) is 0 Å². The number of hydrogen-bond acceptors (Lipinski definition) is 3. The molecule has 3 atom stereocenters. The van der Waals surface area contributed by atoms with E-state index in [-0.39, 0.29) is 0 Å². The Kier molecular flexibility index (Phi) is 3.42. The summed E-state index contributed by atoms with van der Waals surface area (Å²) in [4.78, 5) is 2.54. The summed E-state index contributed by atoms with van der Waals surface area (Å²) < 4.78 is 0. The number of fused-ring (bicyclic) bond motifs is 1. The van der Waals surface area contributed by atoms with Crippen LogP contribution in [0.2, 0.25) is 0 Å². The molecule has 3 aliphatic heterocycles. The highest BCUT2D eigenvalue weighted by molar-refractivity contribution is 5.07. The summed E-state index contributed by atoms with van der Waals surface area (Å²) in [6.07, 6.45) is 9.87. The van der Waals surface area contributed by atoms with Crippen molar-refractivity contribution < 1.29 is 5.11 Å². The first kappa shape index (κ1) is 11.9. The minimum Gasteiger partial charge on any atom is -0.387 e. The second-order valence-corrected chi connectivity index (χ2v) is 6.14. The minimum atomic E-state index is -0.440. The van der Waals surface area contributed by atoms with E-state index in [2.05, 4.69) is 10.2 Å². The van der Waals surface area contributed by atoms with Crippen LogP contribution in [-0.4, -0.2) is 47.3 Å². The lowest BCUT2D eigenvalue weighted by Crippen LogP contribution is -2.58. The van der Waals surface area contributed by atoms with E-state index in [9.17, 15) is 5.11 Å². The van der Waals surface area contributed by atoms with Crippen LogP contribution in [-0.2, 0) is 0 Å². The van der Waals surface area contributed by atoms with Crippen LogP contribution in [0.15, 0.2) is 0 Å². The van der Waals surface area contributed by atoms with E-state index in [0.717, 1.165) is 19.5 Å². The molecule has 3 aliphatic rings. The van der Waals surface area contributed by atoms with Crippen molar-refractivity contribution >= 4 is 0 Å². The van der Waals surface area contributed by atoms with Crippen molar-refractivity contribution in [1.82, 2.24) is 10.2 Å². The molecule has 3 heterocycles. The first-order chi connectivity index (χ1) is 8.31. The predicted molar refractivity (Wildman–Crippen MR) is 69.0 cm³/mol. The van der Waals surface area contributed by atoms with Crippen molar-refractivity contribution in [3.05, 3.63) is 0 Å². The van der Waals surface area contributed by atoms with Gasteiger partial charge in [-0.05, 0) is 45.2 Å². The predicted octanol–water partition coefficient (Wildman–Crippen LogP) is 1.51. The summed E-state index contributed by atoms with van der Waals surface area (Å²) in [6, 6.07) is 0.782. The van der Waals surface area contributed by atoms with E-state index in [1.165, 1.54) is 51.5 Å². The maximum absolute atomic E-state index is 11.1. The molecule has 3 rings (SSSR count). The molecule has 0 saturated carbocycles. The normalized spacial score (nSPS) is 44.3. The molecular formula is C14H26N2O. The van der Waals surface area contributed by atoms with E-state index < -0.39 is 5.60 Å². The van der Waals surface area contributed by atoms with Crippen LogP contribution in [0.3, 0.4) is 0 Å². The molecule has 98 valence electrons. The van der Waals surface area contributed by atoms with Gasteiger partial charge in [0.15, 0.2) is 0 Å². The maximum Gasteiger partial charge on any atom is 0.0966 e. The van der Waals surface area contributed by atoms with E-state index in [1.807, 2.05) is 0 Å². The van der Waals surface area contributed by atoms with Gasteiger partial charge in [0.1, 0.15) is 0 Å². The lowest BCUT2D eigenvalue weighted by molar-refractivity contribution is -0.0403. The summed E-state index contributed by atoms with van der Waals surface area (Å²) in [5.74, 6) is 0. The van der Waals surface area contributed by atoms with Crippen molar-refractivity contribution in [2.24, 2.45) is 0 Å². The molecule has 0 aromatic carbocycles. The molecule has 3 unspecified atom stereocenters. The van der Waals surface area contributed by atoms with Crippen LogP contribution in [0.25, 0.3) is 0 Å². The molecule has 0 bridgehead atoms. The van der Waals surface area contributed by atoms with Crippen molar-refractivity contribution in [2.45, 2.75) is 69.1 Å². The summed E-state index contributed by atoms with van der Waals surface area (Å²) in [7, 11) is 0. The van der Waals surface area contributed by atoms with E-state index in [0.29, 0.717) is 12.1 Å². The van der Waals surface area contributed by atoms with E-state index in [1.54, 1.807) is 0 Å². The molecule has 0 amide bonds. The molecule has 3 saturated heterocycles. The van der Waals surface area contributed by atoms with Crippen LogP contribution in [0.1, 0.15) is 51.4 Å². The Bertz CT molecular complexity index is 263. The fourth-order valence-electron chi connectivity index (χ4n) is 4.18. The summed E-state index contributed by atoms with van der Waals surface area (Å²) in [5, 5.41) is 14.8. The number of nitrogens with zero attached hydrogens (tertiary/aromatic N) is 1. The molecule has 0 aromatic heterocycles. The van der Waals surface area contributed by atoms with Crippen LogP contribution >= 0.6 is 0 Å². The highest BCUT2D eigenvalue weighted by Crippen LogP contribution is 2.39. The third kappa shape index (κ3) is 2.13. The number of nitrogens with one attached hydrogen (secondary N) is 1. The van der Waals surface area contributed by atoms with Crippen molar-refractivity contribution in [1.29, 1.82) is 0 Å². The Morgan fingerprint density at radius 2 is 1.88 bits per heavy atom. The quantitative estimate of drug-likeness (QED) is 0.727. The second kappa shape index (κ2) is 4.87. The number of rotatable bonds is 1. The van der Waals surface area contributed by atoms with Gasteiger partial charge < -0.3 is 10.4 Å². The zero-order chi connectivity index (χ0) is 11.7. The number of piperidine rings is 1. The van der Waals surface area contributed by atoms with Crippen molar-refractivity contribution in [2.75, 3.05) is 19.6 Å². The molecule has 2 N–H and O–H groups in total. The third-order valence-corrected chi connectivity index (χ3v) is 5.15. The summed E-state index contributed by atoms with van der Waals surface area (Å²) >= 11 is 0. The van der Waals surface area contributed by atoms with Gasteiger partial charge >= 0.3 is 0 Å². The Morgan fingerprint density at radius 3 is 2.82 bits per heavy atom. The molecule has 3 fully saturated rings. The zero-order valence-corrected chi connectivity index (χ0v) is 10.8. The van der Waals surface area contributed by atoms with Gasteiger partial charge in [-0.15, -0.1) is 0 Å². The lowest BCUT2D eigenvalue weighted by Gasteiger charge is -2.42. The lowest BCUT2D eigenvalue weighted by atomic mass is 9.81. The molecular weight excluding hydrogens is 212 g/mol. The van der Waals surface area contributed by atoms with Gasteiger partial charge in [0.05, 0.1) is 5.60 Å². The SMILES string of the molecule is OC1(C2CCCCCN2)CCN2CCCCC21.